The summed E-state index contributed by atoms with van der Waals surface area (Å²) in [6.07, 6.45) is -1.30. The van der Waals surface area contributed by atoms with E-state index in [0.717, 1.165) is 25.7 Å². The molecule has 3 rings (SSSR count). The molecule has 0 saturated heterocycles. The van der Waals surface area contributed by atoms with Crippen LogP contribution >= 0.6 is 0 Å². The number of rotatable bonds is 4. The Morgan fingerprint density at radius 3 is 2.17 bits per heavy atom. The summed E-state index contributed by atoms with van der Waals surface area (Å²) in [4.78, 5) is 0. The van der Waals surface area contributed by atoms with Crippen LogP contribution in [0.1, 0.15) is 64.5 Å². The first-order chi connectivity index (χ1) is 13.8. The Morgan fingerprint density at radius 1 is 1.00 bits per heavy atom. The Bertz CT molecular complexity index is 892. The number of ether oxygens (including phenoxy) is 1. The Kier molecular flexibility index (Phi) is 6.14. The van der Waals surface area contributed by atoms with Crippen LogP contribution in [0.2, 0.25) is 0 Å². The number of hydrogen-bond acceptors (Lipinski definition) is 3. The third kappa shape index (κ3) is 4.75. The first kappa shape index (κ1) is 22.9. The molecule has 6 heteroatoms. The average Bonchev–Trinajstić information content (AvgIpc) is 2.66. The molecule has 2 aromatic carbocycles. The van der Waals surface area contributed by atoms with Crippen LogP contribution in [0.25, 0.3) is 10.8 Å². The summed E-state index contributed by atoms with van der Waals surface area (Å²) in [6, 6.07) is 7.64. The third-order valence-corrected chi connectivity index (χ3v) is 6.45. The number of benzene rings is 2. The summed E-state index contributed by atoms with van der Waals surface area (Å²) in [7, 11) is 0. The van der Waals surface area contributed by atoms with Crippen LogP contribution < -0.4 is 10.5 Å². The van der Waals surface area contributed by atoms with E-state index in [1.165, 1.54) is 12.1 Å². The van der Waals surface area contributed by atoms with Crippen LogP contribution in [-0.2, 0) is 11.7 Å². The number of nitrogens with two attached hydrogens (primary N) is 1. The van der Waals surface area contributed by atoms with Gasteiger partial charge in [0.05, 0.1) is 18.2 Å². The van der Waals surface area contributed by atoms with Crippen LogP contribution in [0.4, 0.5) is 13.2 Å². The maximum absolute atomic E-state index is 14.0. The fraction of sp³-hybridized carbons (Fsp3) is 0.583. The molecule has 0 aliphatic heterocycles. The minimum Gasteiger partial charge on any atom is -0.490 e. The molecule has 3 nitrogen and oxygen atoms in total. The van der Waals surface area contributed by atoms with Gasteiger partial charge < -0.3 is 15.6 Å². The highest BCUT2D eigenvalue weighted by Crippen LogP contribution is 2.44. The normalized spacial score (nSPS) is 22.7. The van der Waals surface area contributed by atoms with E-state index in [9.17, 15) is 18.3 Å². The molecule has 1 saturated carbocycles. The summed E-state index contributed by atoms with van der Waals surface area (Å²) < 4.78 is 47.9. The Hall–Kier alpha value is -1.79. The van der Waals surface area contributed by atoms with E-state index in [4.69, 9.17) is 10.5 Å². The van der Waals surface area contributed by atoms with Gasteiger partial charge in [-0.25, -0.2) is 0 Å². The first-order valence-corrected chi connectivity index (χ1v) is 10.5. The van der Waals surface area contributed by atoms with Crippen LogP contribution in [0.15, 0.2) is 30.3 Å². The van der Waals surface area contributed by atoms with E-state index >= 15 is 0 Å². The summed E-state index contributed by atoms with van der Waals surface area (Å²) >= 11 is 0. The fourth-order valence-electron chi connectivity index (χ4n) is 4.37. The van der Waals surface area contributed by atoms with Crippen molar-refractivity contribution in [1.82, 2.24) is 0 Å². The number of fused-ring (bicyclic) bond motifs is 1. The van der Waals surface area contributed by atoms with Crippen molar-refractivity contribution < 1.29 is 23.0 Å². The van der Waals surface area contributed by atoms with Gasteiger partial charge in [-0.15, -0.1) is 0 Å². The summed E-state index contributed by atoms with van der Waals surface area (Å²) in [5.74, 6) is 0.450. The second-order valence-corrected chi connectivity index (χ2v) is 9.91. The molecule has 166 valence electrons. The van der Waals surface area contributed by atoms with Gasteiger partial charge in [0.15, 0.2) is 0 Å². The molecule has 30 heavy (non-hydrogen) atoms. The second kappa shape index (κ2) is 8.04. The van der Waals surface area contributed by atoms with Crippen LogP contribution in [-0.4, -0.2) is 17.8 Å². The number of aliphatic hydroxyl groups excluding tert-OH is 1. The minimum absolute atomic E-state index is 0.0841. The molecule has 0 spiro atoms. The monoisotopic (exact) mass is 423 g/mol. The topological polar surface area (TPSA) is 55.5 Å². The van der Waals surface area contributed by atoms with E-state index in [1.807, 2.05) is 0 Å². The van der Waals surface area contributed by atoms with Gasteiger partial charge in [-0.2, -0.15) is 13.2 Å². The van der Waals surface area contributed by atoms with E-state index in [0.29, 0.717) is 16.9 Å². The van der Waals surface area contributed by atoms with Gasteiger partial charge in [-0.3, -0.25) is 0 Å². The highest BCUT2D eigenvalue weighted by atomic mass is 19.4. The fourth-order valence-corrected chi connectivity index (χ4v) is 4.37. The smallest absolute Gasteiger partial charge is 0.420 e. The lowest BCUT2D eigenvalue weighted by molar-refractivity contribution is -0.138. The standard InChI is InChI=1S/C24H32F3NO2/c1-22(2,3)16-6-9-18(10-7-16)30-20-12-5-15-13-17(23(4,28)14-29)8-11-19(15)21(20)24(25,26)27/h5,8,11-13,16,18,29H,6-7,9-10,14,28H2,1-4H3/t16?,18?,23-/m0/s1. The van der Waals surface area contributed by atoms with Crippen molar-refractivity contribution in [3.8, 4) is 5.75 Å². The molecule has 0 heterocycles. The summed E-state index contributed by atoms with van der Waals surface area (Å²) in [5.41, 5.74) is 5.07. The summed E-state index contributed by atoms with van der Waals surface area (Å²) in [6.45, 7) is 7.97. The van der Waals surface area contributed by atoms with E-state index in [-0.39, 0.29) is 29.3 Å². The molecule has 1 aliphatic carbocycles. The van der Waals surface area contributed by atoms with Crippen LogP contribution in [0.5, 0.6) is 5.75 Å². The molecule has 0 unspecified atom stereocenters. The molecule has 1 aliphatic rings. The van der Waals surface area contributed by atoms with Gasteiger partial charge >= 0.3 is 6.18 Å². The van der Waals surface area contributed by atoms with Gasteiger partial charge in [0.1, 0.15) is 11.3 Å². The van der Waals surface area contributed by atoms with Gasteiger partial charge in [-0.1, -0.05) is 39.0 Å². The maximum Gasteiger partial charge on any atom is 0.420 e. The molecule has 1 atom stereocenters. The lowest BCUT2D eigenvalue weighted by atomic mass is 9.72. The lowest BCUT2D eigenvalue weighted by Gasteiger charge is -2.37. The molecule has 0 amide bonds. The summed E-state index contributed by atoms with van der Waals surface area (Å²) in [5, 5.41) is 9.98. The van der Waals surface area contributed by atoms with Crippen LogP contribution in [0, 0.1) is 11.3 Å². The molecule has 0 radical (unpaired) electrons. The van der Waals surface area contributed by atoms with Gasteiger partial charge in [0.25, 0.3) is 0 Å². The molecular formula is C24H32F3NO2. The molecular weight excluding hydrogens is 391 g/mol. The Labute approximate surface area is 176 Å². The number of halogens is 3. The van der Waals surface area contributed by atoms with Crippen molar-refractivity contribution in [3.63, 3.8) is 0 Å². The maximum atomic E-state index is 14.0. The van der Waals surface area contributed by atoms with Crippen LogP contribution in [0.3, 0.4) is 0 Å². The van der Waals surface area contributed by atoms with E-state index in [1.54, 1.807) is 25.1 Å². The minimum atomic E-state index is -4.54. The average molecular weight is 424 g/mol. The molecule has 3 N–H and O–H groups in total. The first-order valence-electron chi connectivity index (χ1n) is 10.5. The highest BCUT2D eigenvalue weighted by Gasteiger charge is 2.38. The quantitative estimate of drug-likeness (QED) is 0.633. The SMILES string of the molecule is CC(C)(C)C1CCC(Oc2ccc3cc([C@@](C)(N)CO)ccc3c2C(F)(F)F)CC1. The molecule has 0 aromatic heterocycles. The zero-order valence-corrected chi connectivity index (χ0v) is 18.1. The van der Waals surface area contributed by atoms with E-state index in [2.05, 4.69) is 20.8 Å². The largest absolute Gasteiger partial charge is 0.490 e. The zero-order chi connectivity index (χ0) is 22.3. The van der Waals surface area contributed by atoms with Crippen molar-refractivity contribution in [2.75, 3.05) is 6.61 Å². The molecule has 0 bridgehead atoms. The number of hydrogen-bond donors (Lipinski definition) is 2. The predicted octanol–water partition coefficient (Wildman–Crippen LogP) is 6.01. The zero-order valence-electron chi connectivity index (χ0n) is 18.1. The molecule has 1 fully saturated rings. The van der Waals surface area contributed by atoms with Crippen molar-refractivity contribution in [2.45, 2.75) is 71.2 Å². The number of aliphatic hydroxyl groups is 1. The molecule has 2 aromatic rings. The Balaban J connectivity index is 1.93. The highest BCUT2D eigenvalue weighted by molar-refractivity contribution is 5.89. The second-order valence-electron chi connectivity index (χ2n) is 9.91. The Morgan fingerprint density at radius 2 is 1.63 bits per heavy atom. The third-order valence-electron chi connectivity index (χ3n) is 6.45. The number of alkyl halides is 3. The van der Waals surface area contributed by atoms with Gasteiger partial charge in [-0.05, 0) is 72.4 Å². The van der Waals surface area contributed by atoms with Crippen molar-refractivity contribution in [2.24, 2.45) is 17.1 Å². The predicted molar refractivity (Wildman–Crippen MR) is 113 cm³/mol. The van der Waals surface area contributed by atoms with Gasteiger partial charge in [0.2, 0.25) is 0 Å². The van der Waals surface area contributed by atoms with Gasteiger partial charge in [0, 0.05) is 0 Å². The van der Waals surface area contributed by atoms with Crippen molar-refractivity contribution in [1.29, 1.82) is 0 Å². The lowest BCUT2D eigenvalue weighted by Crippen LogP contribution is -2.36. The van der Waals surface area contributed by atoms with E-state index < -0.39 is 17.3 Å². The van der Waals surface area contributed by atoms with Crippen molar-refractivity contribution >= 4 is 10.8 Å². The van der Waals surface area contributed by atoms with Crippen molar-refractivity contribution in [3.05, 3.63) is 41.5 Å².